The summed E-state index contributed by atoms with van der Waals surface area (Å²) in [5.41, 5.74) is 2.99. The molecular formula is C11H24N2S. The van der Waals surface area contributed by atoms with Crippen LogP contribution in [0.25, 0.3) is 0 Å². The molecule has 1 aliphatic rings. The Kier molecular flexibility index (Phi) is 5.90. The van der Waals surface area contributed by atoms with E-state index in [1.807, 2.05) is 0 Å². The van der Waals surface area contributed by atoms with Gasteiger partial charge in [0.05, 0.1) is 0 Å². The van der Waals surface area contributed by atoms with Crippen LogP contribution in [0.15, 0.2) is 0 Å². The number of hydrogen-bond donors (Lipinski definition) is 2. The largest absolute Gasteiger partial charge is 0.271 e. The number of hydrogen-bond acceptors (Lipinski definition) is 3. The Morgan fingerprint density at radius 2 is 2.07 bits per heavy atom. The summed E-state index contributed by atoms with van der Waals surface area (Å²) in [6.45, 7) is 4.54. The Labute approximate surface area is 92.4 Å². The monoisotopic (exact) mass is 216 g/mol. The Hall–Kier alpha value is 0.270. The molecule has 2 atom stereocenters. The molecule has 0 bridgehead atoms. The van der Waals surface area contributed by atoms with E-state index < -0.39 is 0 Å². The van der Waals surface area contributed by atoms with E-state index in [0.717, 1.165) is 5.92 Å². The molecule has 1 heterocycles. The second kappa shape index (κ2) is 6.70. The summed E-state index contributed by atoms with van der Waals surface area (Å²) in [5.74, 6) is 9.92. The Balaban J connectivity index is 2.30. The van der Waals surface area contributed by atoms with Crippen molar-refractivity contribution < 1.29 is 0 Å². The van der Waals surface area contributed by atoms with Gasteiger partial charge < -0.3 is 0 Å². The molecule has 1 aliphatic heterocycles. The van der Waals surface area contributed by atoms with Crippen molar-refractivity contribution in [3.8, 4) is 0 Å². The van der Waals surface area contributed by atoms with Crippen LogP contribution in [-0.2, 0) is 0 Å². The zero-order valence-electron chi connectivity index (χ0n) is 9.46. The molecule has 2 nitrogen and oxygen atoms in total. The van der Waals surface area contributed by atoms with Gasteiger partial charge in [0.2, 0.25) is 0 Å². The van der Waals surface area contributed by atoms with Crippen LogP contribution in [0.5, 0.6) is 0 Å². The quantitative estimate of drug-likeness (QED) is 0.547. The van der Waals surface area contributed by atoms with Gasteiger partial charge in [0, 0.05) is 6.04 Å². The topological polar surface area (TPSA) is 38.0 Å². The fourth-order valence-corrected chi connectivity index (χ4v) is 3.29. The van der Waals surface area contributed by atoms with E-state index in [4.69, 9.17) is 5.84 Å². The molecule has 0 aromatic heterocycles. The van der Waals surface area contributed by atoms with E-state index in [2.05, 4.69) is 31.0 Å². The molecule has 0 radical (unpaired) electrons. The normalized spacial score (nSPS) is 23.4. The first-order valence-corrected chi connectivity index (χ1v) is 6.97. The highest BCUT2D eigenvalue weighted by atomic mass is 32.2. The highest BCUT2D eigenvalue weighted by Gasteiger charge is 2.21. The minimum atomic E-state index is 0.521. The molecule has 0 aliphatic carbocycles. The maximum atomic E-state index is 5.61. The van der Waals surface area contributed by atoms with Crippen LogP contribution < -0.4 is 11.3 Å². The SMILES string of the molecule is CCC(C)C(CC1CCSCC1)NN. The maximum absolute atomic E-state index is 5.61. The zero-order chi connectivity index (χ0) is 10.4. The van der Waals surface area contributed by atoms with E-state index >= 15 is 0 Å². The second-order valence-corrected chi connectivity index (χ2v) is 5.67. The van der Waals surface area contributed by atoms with Gasteiger partial charge in [-0.05, 0) is 42.6 Å². The van der Waals surface area contributed by atoms with Gasteiger partial charge in [0.15, 0.2) is 0 Å². The van der Waals surface area contributed by atoms with Crippen molar-refractivity contribution in [2.75, 3.05) is 11.5 Å². The van der Waals surface area contributed by atoms with Crippen LogP contribution in [0, 0.1) is 11.8 Å². The highest BCUT2D eigenvalue weighted by molar-refractivity contribution is 7.99. The zero-order valence-corrected chi connectivity index (χ0v) is 10.3. The fourth-order valence-electron chi connectivity index (χ4n) is 2.09. The molecule has 84 valence electrons. The molecule has 1 rings (SSSR count). The van der Waals surface area contributed by atoms with Gasteiger partial charge in [-0.25, -0.2) is 0 Å². The third-order valence-electron chi connectivity index (χ3n) is 3.47. The first-order valence-electron chi connectivity index (χ1n) is 5.81. The number of thioether (sulfide) groups is 1. The first-order chi connectivity index (χ1) is 6.77. The van der Waals surface area contributed by atoms with Crippen molar-refractivity contribution in [2.45, 2.75) is 45.6 Å². The van der Waals surface area contributed by atoms with Gasteiger partial charge >= 0.3 is 0 Å². The summed E-state index contributed by atoms with van der Waals surface area (Å²) >= 11 is 2.10. The number of rotatable bonds is 5. The van der Waals surface area contributed by atoms with Gasteiger partial charge in [-0.2, -0.15) is 11.8 Å². The van der Waals surface area contributed by atoms with Crippen LogP contribution in [0.1, 0.15) is 39.5 Å². The van der Waals surface area contributed by atoms with Gasteiger partial charge in [-0.15, -0.1) is 0 Å². The van der Waals surface area contributed by atoms with Crippen molar-refractivity contribution in [1.29, 1.82) is 0 Å². The standard InChI is InChI=1S/C11H24N2S/c1-3-9(2)11(13-12)8-10-4-6-14-7-5-10/h9-11,13H,3-8,12H2,1-2H3. The molecule has 1 saturated heterocycles. The molecule has 0 aromatic carbocycles. The minimum absolute atomic E-state index is 0.521. The third kappa shape index (κ3) is 3.79. The molecule has 0 amide bonds. The lowest BCUT2D eigenvalue weighted by atomic mass is 9.87. The van der Waals surface area contributed by atoms with E-state index in [-0.39, 0.29) is 0 Å². The van der Waals surface area contributed by atoms with Crippen LogP contribution in [0.3, 0.4) is 0 Å². The molecule has 0 spiro atoms. The predicted molar refractivity (Wildman–Crippen MR) is 65.2 cm³/mol. The molecule has 0 saturated carbocycles. The van der Waals surface area contributed by atoms with Crippen molar-refractivity contribution in [3.63, 3.8) is 0 Å². The maximum Gasteiger partial charge on any atom is 0.0238 e. The van der Waals surface area contributed by atoms with Gasteiger partial charge in [-0.1, -0.05) is 20.3 Å². The van der Waals surface area contributed by atoms with Crippen LogP contribution in [-0.4, -0.2) is 17.5 Å². The lowest BCUT2D eigenvalue weighted by Crippen LogP contribution is -2.41. The second-order valence-electron chi connectivity index (χ2n) is 4.45. The first kappa shape index (κ1) is 12.3. The van der Waals surface area contributed by atoms with Gasteiger partial charge in [0.25, 0.3) is 0 Å². The summed E-state index contributed by atoms with van der Waals surface area (Å²) in [7, 11) is 0. The summed E-state index contributed by atoms with van der Waals surface area (Å²) in [6, 6.07) is 0.521. The Morgan fingerprint density at radius 3 is 2.57 bits per heavy atom. The molecule has 0 aromatic rings. The minimum Gasteiger partial charge on any atom is -0.271 e. The van der Waals surface area contributed by atoms with E-state index in [0.29, 0.717) is 12.0 Å². The van der Waals surface area contributed by atoms with Gasteiger partial charge in [0.1, 0.15) is 0 Å². The summed E-state index contributed by atoms with van der Waals surface area (Å²) in [4.78, 5) is 0. The van der Waals surface area contributed by atoms with E-state index in [1.165, 1.54) is 37.2 Å². The summed E-state index contributed by atoms with van der Waals surface area (Å²) < 4.78 is 0. The number of hydrazine groups is 1. The number of nitrogens with two attached hydrogens (primary N) is 1. The molecule has 3 heteroatoms. The Morgan fingerprint density at radius 1 is 1.43 bits per heavy atom. The lowest BCUT2D eigenvalue weighted by Gasteiger charge is -2.29. The molecular weight excluding hydrogens is 192 g/mol. The molecule has 3 N–H and O–H groups in total. The summed E-state index contributed by atoms with van der Waals surface area (Å²) in [5, 5.41) is 0. The van der Waals surface area contributed by atoms with Crippen LogP contribution >= 0.6 is 11.8 Å². The van der Waals surface area contributed by atoms with Crippen molar-refractivity contribution in [1.82, 2.24) is 5.43 Å². The Bertz CT molecular complexity index is 146. The van der Waals surface area contributed by atoms with E-state index in [9.17, 15) is 0 Å². The van der Waals surface area contributed by atoms with Crippen molar-refractivity contribution >= 4 is 11.8 Å². The van der Waals surface area contributed by atoms with Crippen molar-refractivity contribution in [2.24, 2.45) is 17.7 Å². The fraction of sp³-hybridized carbons (Fsp3) is 1.00. The van der Waals surface area contributed by atoms with Gasteiger partial charge in [-0.3, -0.25) is 11.3 Å². The average molecular weight is 216 g/mol. The van der Waals surface area contributed by atoms with Crippen LogP contribution in [0.4, 0.5) is 0 Å². The average Bonchev–Trinajstić information content (AvgIpc) is 2.26. The predicted octanol–water partition coefficient (Wildman–Crippen LogP) is 2.40. The number of nitrogens with one attached hydrogen (secondary N) is 1. The van der Waals surface area contributed by atoms with E-state index in [1.54, 1.807) is 0 Å². The van der Waals surface area contributed by atoms with Crippen LogP contribution in [0.2, 0.25) is 0 Å². The molecule has 1 fully saturated rings. The smallest absolute Gasteiger partial charge is 0.0238 e. The molecule has 14 heavy (non-hydrogen) atoms. The lowest BCUT2D eigenvalue weighted by molar-refractivity contribution is 0.292. The van der Waals surface area contributed by atoms with Crippen molar-refractivity contribution in [3.05, 3.63) is 0 Å². The highest BCUT2D eigenvalue weighted by Crippen LogP contribution is 2.28. The molecule has 2 unspecified atom stereocenters. The summed E-state index contributed by atoms with van der Waals surface area (Å²) in [6.07, 6.45) is 5.26. The third-order valence-corrected chi connectivity index (χ3v) is 4.52.